The van der Waals surface area contributed by atoms with E-state index < -0.39 is 27.9 Å². The van der Waals surface area contributed by atoms with E-state index in [1.807, 2.05) is 0 Å². The summed E-state index contributed by atoms with van der Waals surface area (Å²) >= 11 is 5.92. The van der Waals surface area contributed by atoms with Crippen molar-refractivity contribution in [3.05, 3.63) is 64.8 Å². The van der Waals surface area contributed by atoms with Gasteiger partial charge in [0.05, 0.1) is 36.2 Å². The van der Waals surface area contributed by atoms with E-state index in [1.165, 1.54) is 36.4 Å². The van der Waals surface area contributed by atoms with Crippen molar-refractivity contribution >= 4 is 27.3 Å². The molecule has 2 heterocycles. The molecular weight excluding hydrogens is 540 g/mol. The van der Waals surface area contributed by atoms with Crippen LogP contribution in [0.3, 0.4) is 0 Å². The average Bonchev–Trinajstić information content (AvgIpc) is 3.36. The number of alkyl halides is 3. The summed E-state index contributed by atoms with van der Waals surface area (Å²) in [5, 5.41) is 6.19. The lowest BCUT2D eigenvalue weighted by atomic mass is 10.1. The van der Waals surface area contributed by atoms with E-state index in [0.29, 0.717) is 31.7 Å². The SMILES string of the molecule is O=S(=O)(CCCN1CCOCC1)N(Cc1ccc(-c2nnc(C(F)(F)F)o2)cc1)c1ccc(F)c(Cl)c1. The topological polar surface area (TPSA) is 88.8 Å². The largest absolute Gasteiger partial charge is 0.470 e. The molecule has 3 aromatic rings. The number of halogens is 5. The molecule has 1 aromatic heterocycles. The maximum atomic E-state index is 13.8. The summed E-state index contributed by atoms with van der Waals surface area (Å²) < 4.78 is 89.9. The van der Waals surface area contributed by atoms with Crippen LogP contribution in [0.1, 0.15) is 17.9 Å². The second kappa shape index (κ2) is 11.3. The van der Waals surface area contributed by atoms with Gasteiger partial charge in [-0.05, 0) is 48.9 Å². The highest BCUT2D eigenvalue weighted by Gasteiger charge is 2.38. The summed E-state index contributed by atoms with van der Waals surface area (Å²) in [5.41, 5.74) is 0.946. The lowest BCUT2D eigenvalue weighted by molar-refractivity contribution is -0.156. The van der Waals surface area contributed by atoms with E-state index in [2.05, 4.69) is 19.5 Å². The first-order chi connectivity index (χ1) is 17.5. The van der Waals surface area contributed by atoms with Crippen LogP contribution < -0.4 is 4.31 Å². The molecule has 0 aliphatic carbocycles. The zero-order valence-electron chi connectivity index (χ0n) is 19.4. The quantitative estimate of drug-likeness (QED) is 0.352. The van der Waals surface area contributed by atoms with Gasteiger partial charge in [0, 0.05) is 18.7 Å². The van der Waals surface area contributed by atoms with Gasteiger partial charge in [-0.1, -0.05) is 23.7 Å². The zero-order valence-corrected chi connectivity index (χ0v) is 21.0. The van der Waals surface area contributed by atoms with Crippen LogP contribution >= 0.6 is 11.6 Å². The van der Waals surface area contributed by atoms with Crippen LogP contribution in [0.5, 0.6) is 0 Å². The van der Waals surface area contributed by atoms with Crippen LogP contribution in [-0.2, 0) is 27.5 Å². The first-order valence-corrected chi connectivity index (χ1v) is 13.3. The van der Waals surface area contributed by atoms with Crippen molar-refractivity contribution in [1.29, 1.82) is 0 Å². The van der Waals surface area contributed by atoms with Crippen LogP contribution in [-0.4, -0.2) is 62.1 Å². The fraction of sp³-hybridized carbons (Fsp3) is 0.391. The van der Waals surface area contributed by atoms with Crippen LogP contribution in [0.25, 0.3) is 11.5 Å². The molecule has 1 aliphatic heterocycles. The Kier molecular flexibility index (Phi) is 8.36. The first-order valence-electron chi connectivity index (χ1n) is 11.3. The Morgan fingerprint density at radius 3 is 2.38 bits per heavy atom. The molecule has 14 heteroatoms. The third-order valence-electron chi connectivity index (χ3n) is 5.70. The molecule has 0 spiro atoms. The standard InChI is InChI=1S/C23H23ClF4N4O4S/c24-19-14-18(6-7-20(19)25)32(37(33,34)13-1-8-31-9-11-35-12-10-31)15-16-2-4-17(5-3-16)21-29-30-22(36-21)23(26,27)28/h2-7,14H,1,8-13,15H2. The number of sulfonamides is 1. The second-order valence-corrected chi connectivity index (χ2v) is 10.8. The number of ether oxygens (including phenoxy) is 1. The molecule has 8 nitrogen and oxygen atoms in total. The highest BCUT2D eigenvalue weighted by Crippen LogP contribution is 2.31. The summed E-state index contributed by atoms with van der Waals surface area (Å²) in [6.07, 6.45) is -4.39. The second-order valence-electron chi connectivity index (χ2n) is 8.34. The van der Waals surface area contributed by atoms with Crippen molar-refractivity contribution in [2.45, 2.75) is 19.1 Å². The van der Waals surface area contributed by atoms with Crippen LogP contribution in [0, 0.1) is 5.82 Å². The summed E-state index contributed by atoms with van der Waals surface area (Å²) in [6.45, 7) is 3.13. The van der Waals surface area contributed by atoms with Crippen molar-refractivity contribution in [1.82, 2.24) is 15.1 Å². The smallest absolute Gasteiger partial charge is 0.413 e. The third kappa shape index (κ3) is 6.98. The summed E-state index contributed by atoms with van der Waals surface area (Å²) in [7, 11) is -3.85. The molecule has 0 amide bonds. The molecule has 0 N–H and O–H groups in total. The molecular formula is C23H23ClF4N4O4S. The Hall–Kier alpha value is -2.74. The van der Waals surface area contributed by atoms with Gasteiger partial charge in [-0.2, -0.15) is 13.2 Å². The maximum Gasteiger partial charge on any atom is 0.470 e. The lowest BCUT2D eigenvalue weighted by Gasteiger charge is -2.28. The third-order valence-corrected chi connectivity index (χ3v) is 7.81. The molecule has 0 saturated carbocycles. The number of hydrogen-bond acceptors (Lipinski definition) is 7. The van der Waals surface area contributed by atoms with Crippen molar-refractivity contribution in [2.75, 3.05) is 42.9 Å². The minimum atomic E-state index is -4.77. The van der Waals surface area contributed by atoms with Crippen LogP contribution in [0.15, 0.2) is 46.9 Å². The van der Waals surface area contributed by atoms with Crippen molar-refractivity contribution in [2.24, 2.45) is 0 Å². The maximum absolute atomic E-state index is 13.8. The van der Waals surface area contributed by atoms with E-state index in [-0.39, 0.29) is 34.5 Å². The van der Waals surface area contributed by atoms with Gasteiger partial charge < -0.3 is 9.15 Å². The normalized spacial score (nSPS) is 15.2. The predicted octanol–water partition coefficient (Wildman–Crippen LogP) is 4.61. The Morgan fingerprint density at radius 2 is 1.76 bits per heavy atom. The van der Waals surface area contributed by atoms with E-state index >= 15 is 0 Å². The van der Waals surface area contributed by atoms with Crippen molar-refractivity contribution < 1.29 is 35.1 Å². The first kappa shape index (κ1) is 27.3. The molecule has 1 fully saturated rings. The molecule has 0 atom stereocenters. The zero-order chi connectivity index (χ0) is 26.6. The summed E-state index contributed by atoms with van der Waals surface area (Å²) in [6, 6.07) is 9.62. The van der Waals surface area contributed by atoms with Crippen LogP contribution in [0.4, 0.5) is 23.2 Å². The van der Waals surface area contributed by atoms with Gasteiger partial charge in [-0.3, -0.25) is 9.21 Å². The van der Waals surface area contributed by atoms with Gasteiger partial charge in [0.2, 0.25) is 15.9 Å². The molecule has 4 rings (SSSR count). The number of hydrogen-bond donors (Lipinski definition) is 0. The number of morpholine rings is 1. The number of rotatable bonds is 9. The van der Waals surface area contributed by atoms with E-state index in [4.69, 9.17) is 16.3 Å². The van der Waals surface area contributed by atoms with Gasteiger partial charge in [0.1, 0.15) is 5.82 Å². The molecule has 1 saturated heterocycles. The van der Waals surface area contributed by atoms with Gasteiger partial charge in [-0.15, -0.1) is 10.2 Å². The minimum Gasteiger partial charge on any atom is -0.413 e. The Balaban J connectivity index is 1.53. The van der Waals surface area contributed by atoms with E-state index in [1.54, 1.807) is 0 Å². The van der Waals surface area contributed by atoms with E-state index in [9.17, 15) is 26.0 Å². The van der Waals surface area contributed by atoms with Crippen molar-refractivity contribution in [3.8, 4) is 11.5 Å². The van der Waals surface area contributed by atoms with E-state index in [0.717, 1.165) is 23.5 Å². The highest BCUT2D eigenvalue weighted by atomic mass is 35.5. The average molecular weight is 563 g/mol. The lowest BCUT2D eigenvalue weighted by Crippen LogP contribution is -2.38. The summed E-state index contributed by atoms with van der Waals surface area (Å²) in [4.78, 5) is 2.12. The molecule has 2 aromatic carbocycles. The minimum absolute atomic E-state index is 0.111. The highest BCUT2D eigenvalue weighted by molar-refractivity contribution is 7.92. The van der Waals surface area contributed by atoms with Gasteiger partial charge >= 0.3 is 12.1 Å². The van der Waals surface area contributed by atoms with Gasteiger partial charge in [0.25, 0.3) is 0 Å². The number of aromatic nitrogens is 2. The fourth-order valence-corrected chi connectivity index (χ4v) is 5.44. The Labute approximate surface area is 215 Å². The molecule has 1 aliphatic rings. The monoisotopic (exact) mass is 562 g/mol. The van der Waals surface area contributed by atoms with Gasteiger partial charge in [0.15, 0.2) is 0 Å². The summed E-state index contributed by atoms with van der Waals surface area (Å²) in [5.74, 6) is -2.62. The molecule has 0 unspecified atom stereocenters. The fourth-order valence-electron chi connectivity index (χ4n) is 3.77. The molecule has 200 valence electrons. The van der Waals surface area contributed by atoms with Crippen LogP contribution in [0.2, 0.25) is 5.02 Å². The predicted molar refractivity (Wildman–Crippen MR) is 128 cm³/mol. The Morgan fingerprint density at radius 1 is 1.05 bits per heavy atom. The Bertz CT molecular complexity index is 1310. The molecule has 37 heavy (non-hydrogen) atoms. The molecule has 0 bridgehead atoms. The number of benzene rings is 2. The number of nitrogens with zero attached hydrogens (tertiary/aromatic N) is 4. The number of anilines is 1. The molecule has 0 radical (unpaired) electrons. The van der Waals surface area contributed by atoms with Crippen molar-refractivity contribution in [3.63, 3.8) is 0 Å². The van der Waals surface area contributed by atoms with Gasteiger partial charge in [-0.25, -0.2) is 12.8 Å².